The molecule has 108 valence electrons. The van der Waals surface area contributed by atoms with Gasteiger partial charge in [0.25, 0.3) is 5.89 Å². The van der Waals surface area contributed by atoms with Crippen molar-refractivity contribution < 1.29 is 13.5 Å². The zero-order valence-electron chi connectivity index (χ0n) is 11.6. The van der Waals surface area contributed by atoms with Crippen molar-refractivity contribution in [2.24, 2.45) is 0 Å². The summed E-state index contributed by atoms with van der Waals surface area (Å²) in [5.41, 5.74) is 0.209. The molecule has 0 bridgehead atoms. The number of ether oxygens (including phenoxy) is 1. The fourth-order valence-electron chi connectivity index (χ4n) is 1.88. The Morgan fingerprint density at radius 2 is 2.20 bits per heavy atom. The molecule has 1 heterocycles. The van der Waals surface area contributed by atoms with E-state index < -0.39 is 5.82 Å². The monoisotopic (exact) mass is 279 g/mol. The highest BCUT2D eigenvalue weighted by atomic mass is 19.1. The number of rotatable bonds is 7. The average molecular weight is 279 g/mol. The lowest BCUT2D eigenvalue weighted by atomic mass is 10.2. The molecule has 5 nitrogen and oxygen atoms in total. The third-order valence-corrected chi connectivity index (χ3v) is 2.87. The van der Waals surface area contributed by atoms with E-state index in [-0.39, 0.29) is 11.5 Å². The Bertz CT molecular complexity index is 557. The van der Waals surface area contributed by atoms with Crippen molar-refractivity contribution >= 4 is 0 Å². The molecule has 0 spiro atoms. The maximum absolute atomic E-state index is 13.9. The van der Waals surface area contributed by atoms with Gasteiger partial charge >= 0.3 is 0 Å². The number of nitrogens with one attached hydrogen (secondary N) is 1. The fraction of sp³-hybridized carbons (Fsp3) is 0.429. The number of aryl methyl sites for hydroxylation is 1. The van der Waals surface area contributed by atoms with Crippen LogP contribution in [0.5, 0.6) is 5.75 Å². The van der Waals surface area contributed by atoms with Gasteiger partial charge in [0, 0.05) is 6.42 Å². The average Bonchev–Trinajstić information content (AvgIpc) is 2.91. The van der Waals surface area contributed by atoms with E-state index in [1.807, 2.05) is 0 Å². The summed E-state index contributed by atoms with van der Waals surface area (Å²) in [5.74, 6) is 0.599. The number of nitrogens with zero attached hydrogens (tertiary/aromatic N) is 2. The van der Waals surface area contributed by atoms with E-state index in [0.717, 1.165) is 19.5 Å². The second kappa shape index (κ2) is 7.00. The third-order valence-electron chi connectivity index (χ3n) is 2.87. The van der Waals surface area contributed by atoms with Gasteiger partial charge in [-0.1, -0.05) is 13.0 Å². The first-order valence-electron chi connectivity index (χ1n) is 6.62. The lowest BCUT2D eigenvalue weighted by Crippen LogP contribution is -2.14. The zero-order chi connectivity index (χ0) is 14.4. The highest BCUT2D eigenvalue weighted by Crippen LogP contribution is 2.31. The van der Waals surface area contributed by atoms with Crippen LogP contribution in [-0.2, 0) is 6.42 Å². The van der Waals surface area contributed by atoms with Crippen LogP contribution in [0.1, 0.15) is 19.2 Å². The number of methoxy groups -OCH3 is 1. The second-order valence-electron chi connectivity index (χ2n) is 4.28. The van der Waals surface area contributed by atoms with E-state index in [9.17, 15) is 4.39 Å². The molecule has 1 N–H and O–H groups in total. The second-order valence-corrected chi connectivity index (χ2v) is 4.28. The van der Waals surface area contributed by atoms with Crippen LogP contribution in [-0.4, -0.2) is 30.4 Å². The number of halogens is 1. The van der Waals surface area contributed by atoms with E-state index in [4.69, 9.17) is 9.15 Å². The molecule has 0 amide bonds. The highest BCUT2D eigenvalue weighted by molar-refractivity contribution is 5.63. The molecule has 2 rings (SSSR count). The summed E-state index contributed by atoms with van der Waals surface area (Å²) in [5, 5.41) is 11.1. The first kappa shape index (κ1) is 14.5. The summed E-state index contributed by atoms with van der Waals surface area (Å²) < 4.78 is 24.5. The van der Waals surface area contributed by atoms with Gasteiger partial charge in [-0.05, 0) is 31.6 Å². The first-order valence-corrected chi connectivity index (χ1v) is 6.62. The third kappa shape index (κ3) is 3.33. The maximum atomic E-state index is 13.9. The molecule has 0 atom stereocenters. The van der Waals surface area contributed by atoms with Gasteiger partial charge in [0.1, 0.15) is 17.1 Å². The quantitative estimate of drug-likeness (QED) is 0.789. The van der Waals surface area contributed by atoms with Crippen molar-refractivity contribution in [2.45, 2.75) is 19.8 Å². The van der Waals surface area contributed by atoms with Gasteiger partial charge in [-0.3, -0.25) is 0 Å². The standard InChI is InChI=1S/C14H18FN3O2/c1-3-16-9-5-8-12-17-18-14(20-12)13-10(15)6-4-7-11(13)19-2/h4,6-7,16H,3,5,8-9H2,1-2H3. The van der Waals surface area contributed by atoms with Crippen LogP contribution in [0.15, 0.2) is 22.6 Å². The summed E-state index contributed by atoms with van der Waals surface area (Å²) in [6.07, 6.45) is 1.56. The van der Waals surface area contributed by atoms with Gasteiger partial charge < -0.3 is 14.5 Å². The minimum absolute atomic E-state index is 0.151. The van der Waals surface area contributed by atoms with Crippen molar-refractivity contribution in [3.8, 4) is 17.2 Å². The molecule has 0 unspecified atom stereocenters. The predicted octanol–water partition coefficient (Wildman–Crippen LogP) is 2.43. The van der Waals surface area contributed by atoms with Crippen LogP contribution in [0.4, 0.5) is 4.39 Å². The minimum Gasteiger partial charge on any atom is -0.496 e. The molecule has 0 aliphatic carbocycles. The summed E-state index contributed by atoms with van der Waals surface area (Å²) in [4.78, 5) is 0. The molecule has 0 fully saturated rings. The molecular weight excluding hydrogens is 261 g/mol. The van der Waals surface area contributed by atoms with Crippen molar-refractivity contribution in [3.63, 3.8) is 0 Å². The molecule has 1 aromatic carbocycles. The first-order chi connectivity index (χ1) is 9.76. The van der Waals surface area contributed by atoms with Crippen molar-refractivity contribution in [2.75, 3.05) is 20.2 Å². The van der Waals surface area contributed by atoms with Gasteiger partial charge in [0.2, 0.25) is 5.89 Å². The van der Waals surface area contributed by atoms with E-state index in [1.54, 1.807) is 12.1 Å². The largest absolute Gasteiger partial charge is 0.496 e. The molecule has 0 aliphatic rings. The van der Waals surface area contributed by atoms with E-state index >= 15 is 0 Å². The number of benzene rings is 1. The number of aromatic nitrogens is 2. The van der Waals surface area contributed by atoms with Crippen LogP contribution in [0, 0.1) is 5.82 Å². The molecule has 0 radical (unpaired) electrons. The van der Waals surface area contributed by atoms with E-state index in [2.05, 4.69) is 22.4 Å². The Labute approximate surface area is 117 Å². The molecule has 1 aromatic heterocycles. The van der Waals surface area contributed by atoms with Crippen LogP contribution < -0.4 is 10.1 Å². The van der Waals surface area contributed by atoms with Crippen molar-refractivity contribution in [1.82, 2.24) is 15.5 Å². The lowest BCUT2D eigenvalue weighted by Gasteiger charge is -2.05. The Morgan fingerprint density at radius 3 is 2.95 bits per heavy atom. The maximum Gasteiger partial charge on any atom is 0.254 e. The fourth-order valence-corrected chi connectivity index (χ4v) is 1.88. The van der Waals surface area contributed by atoms with E-state index in [1.165, 1.54) is 13.2 Å². The summed E-state index contributed by atoms with van der Waals surface area (Å²) in [6, 6.07) is 4.58. The molecule has 0 saturated carbocycles. The topological polar surface area (TPSA) is 60.2 Å². The van der Waals surface area contributed by atoms with Crippen LogP contribution >= 0.6 is 0 Å². The minimum atomic E-state index is -0.438. The van der Waals surface area contributed by atoms with Gasteiger partial charge in [0.15, 0.2) is 0 Å². The Morgan fingerprint density at radius 1 is 1.35 bits per heavy atom. The zero-order valence-corrected chi connectivity index (χ0v) is 11.6. The van der Waals surface area contributed by atoms with Crippen molar-refractivity contribution in [3.05, 3.63) is 29.9 Å². The van der Waals surface area contributed by atoms with Crippen LogP contribution in [0.2, 0.25) is 0 Å². The SMILES string of the molecule is CCNCCCc1nnc(-c2c(F)cccc2OC)o1. The predicted molar refractivity (Wildman–Crippen MR) is 73.1 cm³/mol. The Balaban J connectivity index is 2.12. The molecule has 0 aliphatic heterocycles. The lowest BCUT2D eigenvalue weighted by molar-refractivity contribution is 0.409. The van der Waals surface area contributed by atoms with Gasteiger partial charge in [-0.15, -0.1) is 10.2 Å². The summed E-state index contributed by atoms with van der Waals surface area (Å²) in [7, 11) is 1.48. The number of hydrogen-bond donors (Lipinski definition) is 1. The normalized spacial score (nSPS) is 10.8. The van der Waals surface area contributed by atoms with Crippen molar-refractivity contribution in [1.29, 1.82) is 0 Å². The van der Waals surface area contributed by atoms with Gasteiger partial charge in [-0.25, -0.2) is 4.39 Å². The van der Waals surface area contributed by atoms with Gasteiger partial charge in [-0.2, -0.15) is 0 Å². The van der Waals surface area contributed by atoms with Gasteiger partial charge in [0.05, 0.1) is 7.11 Å². The summed E-state index contributed by atoms with van der Waals surface area (Å²) >= 11 is 0. The van der Waals surface area contributed by atoms with Crippen LogP contribution in [0.25, 0.3) is 11.5 Å². The van der Waals surface area contributed by atoms with Crippen LogP contribution in [0.3, 0.4) is 0 Å². The molecular formula is C14H18FN3O2. The Hall–Kier alpha value is -1.95. The Kier molecular flexibility index (Phi) is 5.06. The molecule has 0 saturated heterocycles. The highest BCUT2D eigenvalue weighted by Gasteiger charge is 2.17. The molecule has 20 heavy (non-hydrogen) atoms. The number of hydrogen-bond acceptors (Lipinski definition) is 5. The molecule has 2 aromatic rings. The van der Waals surface area contributed by atoms with E-state index in [0.29, 0.717) is 18.1 Å². The molecule has 6 heteroatoms. The smallest absolute Gasteiger partial charge is 0.254 e. The summed E-state index contributed by atoms with van der Waals surface area (Å²) in [6.45, 7) is 3.87.